The second-order valence-corrected chi connectivity index (χ2v) is 14.3. The quantitative estimate of drug-likeness (QED) is 0.181. The minimum Gasteiger partial charge on any atom is -0.458 e. The molecule has 7 aromatic rings. The molecule has 0 amide bonds. The molecule has 1 aliphatic carbocycles. The first-order valence-corrected chi connectivity index (χ1v) is 17.1. The molecule has 0 N–H and O–H groups in total. The lowest BCUT2D eigenvalue weighted by molar-refractivity contribution is 0.453. The van der Waals surface area contributed by atoms with Crippen molar-refractivity contribution in [2.75, 3.05) is 4.90 Å². The van der Waals surface area contributed by atoms with E-state index in [1.165, 1.54) is 55.1 Å². The van der Waals surface area contributed by atoms with E-state index in [2.05, 4.69) is 166 Å². The first-order valence-electron chi connectivity index (χ1n) is 17.1. The molecule has 0 radical (unpaired) electrons. The molecule has 10 rings (SSSR count). The standard InChI is InChI=1S/C45H34BNO2/c1-27-13-18-30(19-14-27)47(31-20-15-28(2)16-21-31)32-22-24-33-29(25-32)17-23-34-35-26-40-43-44(42(35)45(3,4)41(33)34)49-39-12-8-6-10-37(39)46(43)36-9-5-7-11-38(36)48-40/h5-26H,1-4H3. The molecule has 0 bridgehead atoms. The van der Waals surface area contributed by atoms with Crippen molar-refractivity contribution < 1.29 is 9.47 Å². The second kappa shape index (κ2) is 10.1. The maximum absolute atomic E-state index is 6.94. The summed E-state index contributed by atoms with van der Waals surface area (Å²) in [4.78, 5) is 2.35. The minimum atomic E-state index is -0.308. The summed E-state index contributed by atoms with van der Waals surface area (Å²) in [5.41, 5.74) is 14.1. The van der Waals surface area contributed by atoms with Crippen LogP contribution in [0.3, 0.4) is 0 Å². The minimum absolute atomic E-state index is 0.0542. The maximum atomic E-state index is 6.94. The Bertz CT molecular complexity index is 2440. The number of para-hydroxylation sites is 2. The fourth-order valence-corrected chi connectivity index (χ4v) is 8.59. The number of nitrogens with zero attached hydrogens (tertiary/aromatic N) is 1. The largest absolute Gasteiger partial charge is 0.458 e. The smallest absolute Gasteiger partial charge is 0.260 e. The molecule has 0 aromatic heterocycles. The van der Waals surface area contributed by atoms with Gasteiger partial charge in [-0.25, -0.2) is 0 Å². The van der Waals surface area contributed by atoms with Crippen molar-refractivity contribution in [3.63, 3.8) is 0 Å². The fourth-order valence-electron chi connectivity index (χ4n) is 8.59. The summed E-state index contributed by atoms with van der Waals surface area (Å²) in [6.45, 7) is 9.04. The number of fused-ring (bicyclic) bond motifs is 10. The third kappa shape index (κ3) is 4.04. The van der Waals surface area contributed by atoms with Crippen molar-refractivity contribution in [1.82, 2.24) is 0 Å². The zero-order valence-electron chi connectivity index (χ0n) is 28.0. The Kier molecular flexibility index (Phi) is 5.85. The van der Waals surface area contributed by atoms with Gasteiger partial charge in [0.05, 0.1) is 0 Å². The van der Waals surface area contributed by atoms with Gasteiger partial charge in [0.15, 0.2) is 0 Å². The Morgan fingerprint density at radius 1 is 0.531 bits per heavy atom. The molecule has 3 nitrogen and oxygen atoms in total. The predicted molar refractivity (Wildman–Crippen MR) is 203 cm³/mol. The van der Waals surface area contributed by atoms with E-state index in [0.29, 0.717) is 0 Å². The van der Waals surface area contributed by atoms with Gasteiger partial charge in [-0.15, -0.1) is 0 Å². The molecule has 0 spiro atoms. The zero-order valence-corrected chi connectivity index (χ0v) is 28.0. The van der Waals surface area contributed by atoms with Crippen LogP contribution in [0.25, 0.3) is 21.9 Å². The first kappa shape index (κ1) is 28.3. The van der Waals surface area contributed by atoms with Gasteiger partial charge in [-0.3, -0.25) is 0 Å². The fraction of sp³-hybridized carbons (Fsp3) is 0.111. The number of hydrogen-bond acceptors (Lipinski definition) is 3. The van der Waals surface area contributed by atoms with E-state index in [1.807, 2.05) is 0 Å². The Balaban J connectivity index is 1.16. The molecule has 0 unspecified atom stereocenters. The summed E-state index contributed by atoms with van der Waals surface area (Å²) in [7, 11) is 0. The summed E-state index contributed by atoms with van der Waals surface area (Å²) in [6.07, 6.45) is 0. The Hall–Kier alpha value is -5.74. The van der Waals surface area contributed by atoms with E-state index in [0.717, 1.165) is 45.5 Å². The van der Waals surface area contributed by atoms with E-state index < -0.39 is 0 Å². The number of rotatable bonds is 3. The van der Waals surface area contributed by atoms with Gasteiger partial charge in [0, 0.05) is 33.5 Å². The Labute approximate surface area is 287 Å². The van der Waals surface area contributed by atoms with Crippen LogP contribution >= 0.6 is 0 Å². The Morgan fingerprint density at radius 3 is 1.78 bits per heavy atom. The summed E-state index contributed by atoms with van der Waals surface area (Å²) >= 11 is 0. The van der Waals surface area contributed by atoms with E-state index >= 15 is 0 Å². The lowest BCUT2D eigenvalue weighted by Gasteiger charge is -2.36. The van der Waals surface area contributed by atoms with Gasteiger partial charge in [-0.05, 0) is 107 Å². The molecule has 2 heterocycles. The summed E-state index contributed by atoms with van der Waals surface area (Å²) in [5, 5.41) is 2.48. The number of hydrogen-bond donors (Lipinski definition) is 0. The highest BCUT2D eigenvalue weighted by molar-refractivity contribution is 6.98. The number of aryl methyl sites for hydroxylation is 2. The number of anilines is 3. The van der Waals surface area contributed by atoms with Crippen LogP contribution in [0, 0.1) is 13.8 Å². The molecule has 0 fully saturated rings. The zero-order chi connectivity index (χ0) is 33.0. The molecule has 0 saturated heterocycles. The predicted octanol–water partition coefficient (Wildman–Crippen LogP) is 9.96. The monoisotopic (exact) mass is 631 g/mol. The third-order valence-corrected chi connectivity index (χ3v) is 10.8. The van der Waals surface area contributed by atoms with Crippen molar-refractivity contribution in [3.05, 3.63) is 156 Å². The van der Waals surface area contributed by atoms with Gasteiger partial charge >= 0.3 is 0 Å². The maximum Gasteiger partial charge on any atom is 0.260 e. The average molecular weight is 632 g/mol. The van der Waals surface area contributed by atoms with Crippen LogP contribution in [0.4, 0.5) is 17.1 Å². The Morgan fingerprint density at radius 2 is 1.12 bits per heavy atom. The average Bonchev–Trinajstić information content (AvgIpc) is 3.35. The van der Waals surface area contributed by atoms with E-state index in [4.69, 9.17) is 9.47 Å². The van der Waals surface area contributed by atoms with Gasteiger partial charge in [0.1, 0.15) is 23.0 Å². The van der Waals surface area contributed by atoms with Crippen LogP contribution in [-0.2, 0) is 5.41 Å². The molecule has 49 heavy (non-hydrogen) atoms. The summed E-state index contributed by atoms with van der Waals surface area (Å²) < 4.78 is 13.6. The molecule has 0 atom stereocenters. The highest BCUT2D eigenvalue weighted by Gasteiger charge is 2.47. The van der Waals surface area contributed by atoms with Gasteiger partial charge in [-0.2, -0.15) is 0 Å². The lowest BCUT2D eigenvalue weighted by Crippen LogP contribution is -2.57. The van der Waals surface area contributed by atoms with Crippen molar-refractivity contribution in [1.29, 1.82) is 0 Å². The van der Waals surface area contributed by atoms with Crippen LogP contribution in [0.5, 0.6) is 23.0 Å². The van der Waals surface area contributed by atoms with Gasteiger partial charge in [0.25, 0.3) is 6.71 Å². The SMILES string of the molecule is Cc1ccc(N(c2ccc(C)cc2)c2ccc3c4c(ccc3c2)-c2cc3c5c(c2C4(C)C)Oc2ccccc2B5c2ccccc2O3)cc1. The molecule has 4 heteroatoms. The molecule has 3 aliphatic rings. The van der Waals surface area contributed by atoms with Gasteiger partial charge < -0.3 is 14.4 Å². The van der Waals surface area contributed by atoms with Crippen LogP contribution in [-0.4, -0.2) is 6.71 Å². The van der Waals surface area contributed by atoms with Crippen LogP contribution < -0.4 is 30.8 Å². The van der Waals surface area contributed by atoms with Gasteiger partial charge in [-0.1, -0.05) is 104 Å². The second-order valence-electron chi connectivity index (χ2n) is 14.3. The summed E-state index contributed by atoms with van der Waals surface area (Å²) in [6, 6.07) is 48.3. The highest BCUT2D eigenvalue weighted by Crippen LogP contribution is 2.57. The normalized spacial score (nSPS) is 14.2. The molecule has 0 saturated carbocycles. The van der Waals surface area contributed by atoms with Crippen molar-refractivity contribution in [2.24, 2.45) is 0 Å². The topological polar surface area (TPSA) is 21.7 Å². The molecular weight excluding hydrogens is 597 g/mol. The number of benzene rings is 7. The van der Waals surface area contributed by atoms with Crippen LogP contribution in [0.15, 0.2) is 133 Å². The van der Waals surface area contributed by atoms with Crippen LogP contribution in [0.2, 0.25) is 0 Å². The number of ether oxygens (including phenoxy) is 2. The van der Waals surface area contributed by atoms with Crippen molar-refractivity contribution in [3.8, 4) is 34.1 Å². The highest BCUT2D eigenvalue weighted by atomic mass is 16.5. The summed E-state index contributed by atoms with van der Waals surface area (Å²) in [5.74, 6) is 3.67. The van der Waals surface area contributed by atoms with E-state index in [1.54, 1.807) is 0 Å². The van der Waals surface area contributed by atoms with Crippen LogP contribution in [0.1, 0.15) is 36.1 Å². The molecule has 7 aromatic carbocycles. The van der Waals surface area contributed by atoms with E-state index in [9.17, 15) is 0 Å². The molecule has 2 aliphatic heterocycles. The van der Waals surface area contributed by atoms with E-state index in [-0.39, 0.29) is 12.1 Å². The van der Waals surface area contributed by atoms with Crippen molar-refractivity contribution in [2.45, 2.75) is 33.1 Å². The lowest BCUT2D eigenvalue weighted by atomic mass is 9.34. The van der Waals surface area contributed by atoms with Crippen molar-refractivity contribution >= 4 is 50.9 Å². The first-order chi connectivity index (χ1) is 23.9. The molecular formula is C45H34BNO2. The third-order valence-electron chi connectivity index (χ3n) is 10.8. The molecule has 234 valence electrons. The van der Waals surface area contributed by atoms with Gasteiger partial charge in [0.2, 0.25) is 0 Å².